The van der Waals surface area contributed by atoms with Crippen molar-refractivity contribution >= 4 is 22.5 Å². The van der Waals surface area contributed by atoms with Crippen LogP contribution in [0, 0.1) is 17.7 Å². The Morgan fingerprint density at radius 2 is 1.71 bits per heavy atom. The Bertz CT molecular complexity index is 1130. The standard InChI is InChI=1S/C29H41N5O/c1-19-13-26-21(14-22(18-32-26)20-9-11-35-12-10-20)15-24(19)25(30)7-8-27(31)34(6)23-16-28(2,3)33-29(4,5)17-23/h7-8,13-15,18,20,23,30-31,33H,9-12,16-17H2,1-6H3/b8-7-,30-25?,31-27?. The van der Waals surface area contributed by atoms with Crippen LogP contribution in [-0.4, -0.2) is 58.8 Å². The maximum atomic E-state index is 8.75. The predicted molar refractivity (Wildman–Crippen MR) is 145 cm³/mol. The molecule has 3 N–H and O–H groups in total. The summed E-state index contributed by atoms with van der Waals surface area (Å²) in [4.78, 5) is 6.78. The first-order valence-electron chi connectivity index (χ1n) is 12.8. The average Bonchev–Trinajstić information content (AvgIpc) is 2.79. The van der Waals surface area contributed by atoms with E-state index in [0.717, 1.165) is 60.9 Å². The molecule has 2 saturated heterocycles. The Kier molecular flexibility index (Phi) is 7.16. The zero-order chi connectivity index (χ0) is 25.4. The number of fused-ring (bicyclic) bond motifs is 1. The van der Waals surface area contributed by atoms with Gasteiger partial charge in [-0.1, -0.05) is 0 Å². The number of aryl methyl sites for hydroxylation is 1. The van der Waals surface area contributed by atoms with Gasteiger partial charge in [0.25, 0.3) is 0 Å². The van der Waals surface area contributed by atoms with Crippen molar-refractivity contribution in [3.05, 3.63) is 53.2 Å². The molecular formula is C29H41N5O. The first-order valence-corrected chi connectivity index (χ1v) is 12.8. The Morgan fingerprint density at radius 3 is 2.37 bits per heavy atom. The van der Waals surface area contributed by atoms with E-state index in [2.05, 4.69) is 56.1 Å². The number of pyridine rings is 1. The van der Waals surface area contributed by atoms with E-state index in [0.29, 0.717) is 17.5 Å². The van der Waals surface area contributed by atoms with E-state index in [1.165, 1.54) is 5.56 Å². The van der Waals surface area contributed by atoms with Gasteiger partial charge in [-0.3, -0.25) is 10.4 Å². The third-order valence-electron chi connectivity index (χ3n) is 7.54. The minimum absolute atomic E-state index is 0.0249. The van der Waals surface area contributed by atoms with Crippen molar-refractivity contribution in [2.45, 2.75) is 83.3 Å². The topological polar surface area (TPSA) is 85.1 Å². The molecule has 2 aliphatic heterocycles. The molecular weight excluding hydrogens is 434 g/mol. The van der Waals surface area contributed by atoms with Gasteiger partial charge in [0.2, 0.25) is 0 Å². The fraction of sp³-hybridized carbons (Fsp3) is 0.552. The van der Waals surface area contributed by atoms with E-state index in [-0.39, 0.29) is 17.1 Å². The highest BCUT2D eigenvalue weighted by atomic mass is 16.5. The minimum Gasteiger partial charge on any atom is -0.381 e. The molecule has 0 amide bonds. The molecule has 2 aromatic rings. The third-order valence-corrected chi connectivity index (χ3v) is 7.54. The second-order valence-corrected chi connectivity index (χ2v) is 11.7. The number of amidine groups is 1. The molecule has 188 valence electrons. The molecule has 4 rings (SSSR count). The quantitative estimate of drug-likeness (QED) is 0.389. The van der Waals surface area contributed by atoms with Crippen molar-refractivity contribution in [2.75, 3.05) is 20.3 Å². The summed E-state index contributed by atoms with van der Waals surface area (Å²) in [5, 5.41) is 22.2. The van der Waals surface area contributed by atoms with Crippen LogP contribution in [-0.2, 0) is 4.74 Å². The largest absolute Gasteiger partial charge is 0.381 e. The van der Waals surface area contributed by atoms with Crippen molar-refractivity contribution < 1.29 is 4.74 Å². The van der Waals surface area contributed by atoms with Gasteiger partial charge in [-0.25, -0.2) is 0 Å². The van der Waals surface area contributed by atoms with Crippen LogP contribution >= 0.6 is 0 Å². The summed E-state index contributed by atoms with van der Waals surface area (Å²) in [5.41, 5.74) is 4.61. The molecule has 1 aromatic heterocycles. The lowest BCUT2D eigenvalue weighted by Crippen LogP contribution is -2.62. The number of piperidine rings is 1. The van der Waals surface area contributed by atoms with Crippen molar-refractivity contribution in [1.29, 1.82) is 10.8 Å². The Labute approximate surface area is 210 Å². The van der Waals surface area contributed by atoms with E-state index in [9.17, 15) is 0 Å². The molecule has 0 atom stereocenters. The van der Waals surface area contributed by atoms with E-state index in [1.54, 1.807) is 12.2 Å². The molecule has 0 saturated carbocycles. The fourth-order valence-corrected chi connectivity index (χ4v) is 5.95. The number of nitrogens with one attached hydrogen (secondary N) is 3. The number of hydrogen-bond acceptors (Lipinski definition) is 5. The van der Waals surface area contributed by atoms with Crippen LogP contribution < -0.4 is 5.32 Å². The lowest BCUT2D eigenvalue weighted by Gasteiger charge is -2.49. The Hall–Kier alpha value is -2.57. The molecule has 6 nitrogen and oxygen atoms in total. The molecule has 2 fully saturated rings. The second kappa shape index (κ2) is 9.82. The van der Waals surface area contributed by atoms with Gasteiger partial charge in [-0.05, 0) is 108 Å². The van der Waals surface area contributed by atoms with E-state index in [4.69, 9.17) is 20.5 Å². The number of hydrogen-bond donors (Lipinski definition) is 3. The maximum absolute atomic E-state index is 8.75. The molecule has 0 unspecified atom stereocenters. The summed E-state index contributed by atoms with van der Waals surface area (Å²) in [6, 6.07) is 6.66. The van der Waals surface area contributed by atoms with Crippen LogP contribution in [0.15, 0.2) is 36.5 Å². The van der Waals surface area contributed by atoms with Crippen molar-refractivity contribution in [3.8, 4) is 0 Å². The van der Waals surface area contributed by atoms with Gasteiger partial charge in [0.05, 0.1) is 11.2 Å². The van der Waals surface area contributed by atoms with Crippen LogP contribution in [0.5, 0.6) is 0 Å². The average molecular weight is 476 g/mol. The maximum Gasteiger partial charge on any atom is 0.120 e. The molecule has 0 bridgehead atoms. The smallest absolute Gasteiger partial charge is 0.120 e. The highest BCUT2D eigenvalue weighted by Crippen LogP contribution is 2.32. The first kappa shape index (κ1) is 25.5. The SMILES string of the molecule is Cc1cc2ncc(C3CCOCC3)cc2cc1C(=N)/C=C\C(=N)N(C)C1CC(C)(C)NC(C)(C)C1. The van der Waals surface area contributed by atoms with Gasteiger partial charge < -0.3 is 20.4 Å². The fourth-order valence-electron chi connectivity index (χ4n) is 5.95. The molecule has 3 heterocycles. The van der Waals surface area contributed by atoms with Crippen molar-refractivity contribution in [2.24, 2.45) is 0 Å². The minimum atomic E-state index is 0.0249. The number of nitrogens with zero attached hydrogens (tertiary/aromatic N) is 2. The third kappa shape index (κ3) is 5.99. The number of aromatic nitrogens is 1. The van der Waals surface area contributed by atoms with Crippen LogP contribution in [0.4, 0.5) is 0 Å². The lowest BCUT2D eigenvalue weighted by atomic mass is 9.79. The van der Waals surface area contributed by atoms with Crippen LogP contribution in [0.2, 0.25) is 0 Å². The molecule has 6 heteroatoms. The second-order valence-electron chi connectivity index (χ2n) is 11.7. The van der Waals surface area contributed by atoms with Gasteiger partial charge in [0.1, 0.15) is 5.84 Å². The monoisotopic (exact) mass is 475 g/mol. The van der Waals surface area contributed by atoms with Crippen LogP contribution in [0.1, 0.15) is 76.0 Å². The van der Waals surface area contributed by atoms with Gasteiger partial charge in [0.15, 0.2) is 0 Å². The summed E-state index contributed by atoms with van der Waals surface area (Å²) in [7, 11) is 2.00. The summed E-state index contributed by atoms with van der Waals surface area (Å²) in [6.45, 7) is 12.6. The highest BCUT2D eigenvalue weighted by Gasteiger charge is 2.39. The summed E-state index contributed by atoms with van der Waals surface area (Å²) in [6.07, 6.45) is 9.56. The Morgan fingerprint density at radius 1 is 1.06 bits per heavy atom. The molecule has 2 aliphatic rings. The van der Waals surface area contributed by atoms with Gasteiger partial charge in [-0.2, -0.15) is 0 Å². The Balaban J connectivity index is 1.50. The van der Waals surface area contributed by atoms with Crippen molar-refractivity contribution in [1.82, 2.24) is 15.2 Å². The summed E-state index contributed by atoms with van der Waals surface area (Å²) < 4.78 is 5.52. The number of allylic oxidation sites excluding steroid dienone is 1. The van der Waals surface area contributed by atoms with Crippen molar-refractivity contribution in [3.63, 3.8) is 0 Å². The normalized spacial score (nSPS) is 20.9. The molecule has 0 radical (unpaired) electrons. The molecule has 1 aromatic carbocycles. The lowest BCUT2D eigenvalue weighted by molar-refractivity contribution is 0.0853. The summed E-state index contributed by atoms with van der Waals surface area (Å²) >= 11 is 0. The zero-order valence-electron chi connectivity index (χ0n) is 22.2. The first-order chi connectivity index (χ1) is 16.4. The van der Waals surface area contributed by atoms with E-state index < -0.39 is 0 Å². The van der Waals surface area contributed by atoms with Crippen LogP contribution in [0.3, 0.4) is 0 Å². The number of benzene rings is 1. The van der Waals surface area contributed by atoms with E-state index >= 15 is 0 Å². The van der Waals surface area contributed by atoms with Gasteiger partial charge >= 0.3 is 0 Å². The zero-order valence-corrected chi connectivity index (χ0v) is 22.2. The summed E-state index contributed by atoms with van der Waals surface area (Å²) in [5.74, 6) is 0.931. The molecule has 0 spiro atoms. The predicted octanol–water partition coefficient (Wildman–Crippen LogP) is 5.58. The highest BCUT2D eigenvalue weighted by molar-refractivity contribution is 6.11. The van der Waals surface area contributed by atoms with Gasteiger partial charge in [-0.15, -0.1) is 0 Å². The van der Waals surface area contributed by atoms with E-state index in [1.807, 2.05) is 20.2 Å². The number of ether oxygens (including phenoxy) is 1. The van der Waals surface area contributed by atoms with Crippen LogP contribution in [0.25, 0.3) is 10.9 Å². The van der Waals surface area contributed by atoms with Gasteiger partial charge in [0, 0.05) is 54.5 Å². The number of likely N-dealkylation sites (N-methyl/N-ethyl adjacent to an activating group) is 1. The number of rotatable bonds is 5. The molecule has 35 heavy (non-hydrogen) atoms. The molecule has 0 aliphatic carbocycles.